The Morgan fingerprint density at radius 2 is 0.971 bits per heavy atom. The molecule has 0 bridgehead atoms. The van der Waals surface area contributed by atoms with Gasteiger partial charge in [0.05, 0.1) is 34.2 Å². The van der Waals surface area contributed by atoms with Gasteiger partial charge in [-0.3, -0.25) is 0 Å². The van der Waals surface area contributed by atoms with E-state index in [1.807, 2.05) is 0 Å². The Bertz CT molecular complexity index is 1040. The zero-order chi connectivity index (χ0) is 20.3. The number of hydrogen-bond donors (Lipinski definition) is 0. The molecule has 0 amide bonds. The smallest absolute Gasteiger partial charge is 1.00 e. The van der Waals surface area contributed by atoms with E-state index in [0.29, 0.717) is 22.8 Å². The van der Waals surface area contributed by atoms with Crippen molar-refractivity contribution in [2.45, 2.75) is 13.8 Å². The second kappa shape index (κ2) is 18.2. The van der Waals surface area contributed by atoms with Crippen LogP contribution in [0.5, 0.6) is 0 Å². The average molecular weight is 639 g/mol. The minimum Gasteiger partial charge on any atom is -1.00 e. The molecular formula is C21H15Cl4F4Fe2N3. The van der Waals surface area contributed by atoms with Gasteiger partial charge in [-0.05, 0) is 50.2 Å². The monoisotopic (exact) mass is 637 g/mol. The van der Waals surface area contributed by atoms with Crippen LogP contribution in [0.3, 0.4) is 0 Å². The predicted octanol–water partition coefficient (Wildman–Crippen LogP) is -6.07. The summed E-state index contributed by atoms with van der Waals surface area (Å²) in [5.41, 5.74) is 1.71. The summed E-state index contributed by atoms with van der Waals surface area (Å²) in [5.74, 6) is -2.93. The third kappa shape index (κ3) is 10.6. The first-order valence-electron chi connectivity index (χ1n) is 8.32. The first kappa shape index (κ1) is 40.0. The van der Waals surface area contributed by atoms with Crippen LogP contribution in [-0.2, 0) is 34.1 Å². The van der Waals surface area contributed by atoms with Gasteiger partial charge in [-0.25, -0.2) is 32.5 Å². The third-order valence-corrected chi connectivity index (χ3v) is 3.89. The number of rotatable bonds is 4. The van der Waals surface area contributed by atoms with E-state index in [2.05, 4.69) is 15.0 Å². The number of nitrogens with zero attached hydrogens (tertiary/aromatic N) is 3. The van der Waals surface area contributed by atoms with Crippen LogP contribution < -0.4 is 49.6 Å². The third-order valence-electron chi connectivity index (χ3n) is 3.89. The van der Waals surface area contributed by atoms with Crippen LogP contribution in [0.4, 0.5) is 28.9 Å². The fraction of sp³-hybridized carbons (Fsp3) is 0.0952. The zero-order valence-corrected chi connectivity index (χ0v) is 22.5. The molecule has 2 aromatic carbocycles. The van der Waals surface area contributed by atoms with Crippen LogP contribution in [0, 0.1) is 23.3 Å². The standard InChI is InChI=1S/C21H15F4N3.4ClH.2Fe/c1-12(26-20-8-6-14(22)10-16(20)24)18-4-3-5-19(28-18)13(2)27-21-9-7-15(23)11-17(21)25;;;;;;/h3-11H,1-2H3;4*1H;;/q;;;;;2*+2/p-4. The van der Waals surface area contributed by atoms with Gasteiger partial charge in [-0.15, -0.1) is 0 Å². The number of pyridine rings is 1. The molecule has 0 radical (unpaired) electrons. The van der Waals surface area contributed by atoms with Gasteiger partial charge in [0.2, 0.25) is 0 Å². The Hall–Kier alpha value is -1.15. The molecule has 0 saturated heterocycles. The van der Waals surface area contributed by atoms with Crippen molar-refractivity contribution >= 4 is 22.8 Å². The van der Waals surface area contributed by atoms with Crippen molar-refractivity contribution in [2.75, 3.05) is 0 Å². The van der Waals surface area contributed by atoms with E-state index in [0.717, 1.165) is 24.3 Å². The number of aromatic nitrogens is 1. The molecule has 0 aliphatic heterocycles. The van der Waals surface area contributed by atoms with E-state index in [1.54, 1.807) is 32.0 Å². The molecule has 3 aromatic rings. The summed E-state index contributed by atoms with van der Waals surface area (Å²) in [5, 5.41) is 0. The Labute approximate surface area is 240 Å². The first-order chi connectivity index (χ1) is 13.3. The minimum absolute atomic E-state index is 0. The van der Waals surface area contributed by atoms with E-state index < -0.39 is 23.3 Å². The number of benzene rings is 2. The Morgan fingerprint density at radius 1 is 0.618 bits per heavy atom. The van der Waals surface area contributed by atoms with Gasteiger partial charge in [0.25, 0.3) is 0 Å². The molecule has 0 fully saturated rings. The Morgan fingerprint density at radius 3 is 1.29 bits per heavy atom. The van der Waals surface area contributed by atoms with Crippen molar-refractivity contribution < 1.29 is 101 Å². The molecule has 3 rings (SSSR count). The Balaban J connectivity index is -0.000000750. The normalized spacial score (nSPS) is 10.2. The molecule has 0 aliphatic carbocycles. The number of halogens is 8. The molecule has 186 valence electrons. The van der Waals surface area contributed by atoms with Gasteiger partial charge in [-0.2, -0.15) is 0 Å². The van der Waals surface area contributed by atoms with Crippen LogP contribution in [-0.4, -0.2) is 16.4 Å². The second-order valence-corrected chi connectivity index (χ2v) is 5.99. The predicted molar refractivity (Wildman–Crippen MR) is 101 cm³/mol. The van der Waals surface area contributed by atoms with Gasteiger partial charge in [0.1, 0.15) is 11.6 Å². The second-order valence-electron chi connectivity index (χ2n) is 5.99. The van der Waals surface area contributed by atoms with Gasteiger partial charge in [0.15, 0.2) is 11.6 Å². The molecule has 0 N–H and O–H groups in total. The van der Waals surface area contributed by atoms with Crippen molar-refractivity contribution in [1.29, 1.82) is 0 Å². The number of aliphatic imine (C=N–C) groups is 2. The summed E-state index contributed by atoms with van der Waals surface area (Å²) in [6.45, 7) is 3.28. The van der Waals surface area contributed by atoms with Crippen LogP contribution in [0.2, 0.25) is 0 Å². The quantitative estimate of drug-likeness (QED) is 0.160. The van der Waals surface area contributed by atoms with Crippen molar-refractivity contribution in [3.63, 3.8) is 0 Å². The zero-order valence-electron chi connectivity index (χ0n) is 17.3. The maximum atomic E-state index is 13.8. The van der Waals surface area contributed by atoms with Crippen molar-refractivity contribution in [2.24, 2.45) is 9.98 Å². The summed E-state index contributed by atoms with van der Waals surface area (Å²) in [6, 6.07) is 11.3. The maximum Gasteiger partial charge on any atom is 2.00 e. The summed E-state index contributed by atoms with van der Waals surface area (Å²) >= 11 is 0. The first-order valence-corrected chi connectivity index (χ1v) is 8.32. The summed E-state index contributed by atoms with van der Waals surface area (Å²) in [7, 11) is 0. The van der Waals surface area contributed by atoms with E-state index in [1.165, 1.54) is 12.1 Å². The molecular weight excluding hydrogens is 624 g/mol. The van der Waals surface area contributed by atoms with Crippen LogP contribution >= 0.6 is 0 Å². The molecule has 13 heteroatoms. The number of hydrogen-bond acceptors (Lipinski definition) is 3. The van der Waals surface area contributed by atoms with Gasteiger partial charge < -0.3 is 49.6 Å². The molecule has 0 unspecified atom stereocenters. The van der Waals surface area contributed by atoms with E-state index in [-0.39, 0.29) is 95.1 Å². The average Bonchev–Trinajstić information content (AvgIpc) is 2.66. The summed E-state index contributed by atoms with van der Waals surface area (Å²) in [6.07, 6.45) is 0. The Kier molecular flexibility index (Phi) is 21.4. The molecule has 0 saturated carbocycles. The topological polar surface area (TPSA) is 37.6 Å². The molecule has 0 aliphatic rings. The molecule has 34 heavy (non-hydrogen) atoms. The van der Waals surface area contributed by atoms with E-state index >= 15 is 0 Å². The minimum atomic E-state index is -0.778. The van der Waals surface area contributed by atoms with Gasteiger partial charge in [0, 0.05) is 12.1 Å². The van der Waals surface area contributed by atoms with Gasteiger partial charge >= 0.3 is 34.1 Å². The molecule has 3 nitrogen and oxygen atoms in total. The van der Waals surface area contributed by atoms with E-state index in [4.69, 9.17) is 0 Å². The summed E-state index contributed by atoms with van der Waals surface area (Å²) in [4.78, 5) is 12.7. The summed E-state index contributed by atoms with van der Waals surface area (Å²) < 4.78 is 53.6. The van der Waals surface area contributed by atoms with Crippen LogP contribution in [0.1, 0.15) is 25.2 Å². The fourth-order valence-electron chi connectivity index (χ4n) is 2.46. The molecule has 0 spiro atoms. The van der Waals surface area contributed by atoms with Crippen molar-refractivity contribution in [1.82, 2.24) is 4.98 Å². The van der Waals surface area contributed by atoms with Crippen molar-refractivity contribution in [3.8, 4) is 0 Å². The maximum absolute atomic E-state index is 13.8. The van der Waals surface area contributed by atoms with Crippen LogP contribution in [0.15, 0.2) is 64.6 Å². The van der Waals surface area contributed by atoms with Crippen molar-refractivity contribution in [3.05, 3.63) is 89.3 Å². The SMILES string of the molecule is CC(=Nc1ccc(F)cc1F)c1cccc(C(C)=Nc2ccc(F)cc2F)n1.[Cl-].[Cl-].[Cl-].[Cl-].[Fe+2].[Fe+2]. The molecule has 1 aromatic heterocycles. The molecule has 1 heterocycles. The van der Waals surface area contributed by atoms with Gasteiger partial charge in [-0.1, -0.05) is 6.07 Å². The fourth-order valence-corrected chi connectivity index (χ4v) is 2.46. The van der Waals surface area contributed by atoms with E-state index in [9.17, 15) is 17.6 Å². The van der Waals surface area contributed by atoms with Crippen LogP contribution in [0.25, 0.3) is 0 Å². The largest absolute Gasteiger partial charge is 2.00 e. The molecule has 0 atom stereocenters.